The number of hydrogen-bond acceptors (Lipinski definition) is 8. The first-order chi connectivity index (χ1) is 65.5. The lowest BCUT2D eigenvalue weighted by Gasteiger charge is -2.28. The lowest BCUT2D eigenvalue weighted by Crippen LogP contribution is -2.11. The molecule has 0 fully saturated rings. The third kappa shape index (κ3) is 13.6. The van der Waals surface area contributed by atoms with Gasteiger partial charge in [0.1, 0.15) is 11.2 Å². The fourth-order valence-corrected chi connectivity index (χ4v) is 23.8. The zero-order valence-corrected chi connectivity index (χ0v) is 74.1. The Hall–Kier alpha value is -16.5. The Morgan fingerprint density at radius 1 is 0.152 bits per heavy atom. The summed E-state index contributed by atoms with van der Waals surface area (Å²) in [5.74, 6) is 0. The van der Waals surface area contributed by atoms with Crippen molar-refractivity contribution in [2.24, 2.45) is 0 Å². The van der Waals surface area contributed by atoms with E-state index in [4.69, 9.17) is 4.42 Å². The van der Waals surface area contributed by atoms with Crippen LogP contribution in [0.2, 0.25) is 0 Å². The van der Waals surface area contributed by atoms with E-state index < -0.39 is 0 Å². The maximum absolute atomic E-state index is 6.51. The predicted octanol–water partition coefficient (Wildman–Crippen LogP) is 37.5. The number of para-hydroxylation sites is 7. The Labute approximate surface area is 775 Å². The first kappa shape index (κ1) is 77.8. The summed E-state index contributed by atoms with van der Waals surface area (Å²) in [5.41, 5.74) is 24.5. The fourth-order valence-electron chi connectivity index (χ4n) is 20.1. The molecular weight excluding hydrogens is 1660 g/mol. The Morgan fingerprint density at radius 2 is 0.439 bits per heavy atom. The van der Waals surface area contributed by atoms with Crippen molar-refractivity contribution in [2.45, 2.75) is 0 Å². The topological polar surface area (TPSA) is 26.1 Å². The van der Waals surface area contributed by atoms with E-state index in [9.17, 15) is 0 Å². The lowest BCUT2D eigenvalue weighted by atomic mass is 9.96. The quantitative estimate of drug-likeness (QED) is 0.0899. The molecule has 0 N–H and O–H groups in total. The van der Waals surface area contributed by atoms with Crippen LogP contribution in [0.25, 0.3) is 170 Å². The molecule has 0 saturated carbocycles. The van der Waals surface area contributed by atoms with Crippen molar-refractivity contribution < 1.29 is 4.42 Å². The molecule has 22 aromatic carbocycles. The zero-order valence-electron chi connectivity index (χ0n) is 71.6. The second-order valence-electron chi connectivity index (χ2n) is 33.6. The van der Waals surface area contributed by atoms with E-state index in [1.807, 2.05) is 46.1 Å². The van der Waals surface area contributed by atoms with Gasteiger partial charge in [0.25, 0.3) is 0 Å². The van der Waals surface area contributed by atoms with Crippen molar-refractivity contribution in [3.05, 3.63) is 485 Å². The van der Waals surface area contributed by atoms with Crippen LogP contribution in [0.5, 0.6) is 0 Å². The van der Waals surface area contributed by atoms with E-state index in [0.29, 0.717) is 0 Å². The second-order valence-corrected chi connectivity index (χ2v) is 36.8. The molecule has 0 aliphatic carbocycles. The van der Waals surface area contributed by atoms with Gasteiger partial charge in [-0.25, -0.2) is 0 Å². The second kappa shape index (κ2) is 33.0. The molecule has 0 saturated heterocycles. The molecule has 0 atom stereocenters. The van der Waals surface area contributed by atoms with E-state index >= 15 is 0 Å². The summed E-state index contributed by atoms with van der Waals surface area (Å²) in [6.45, 7) is 0. The van der Waals surface area contributed by atoms with Crippen LogP contribution in [-0.4, -0.2) is 0 Å². The van der Waals surface area contributed by atoms with Crippen LogP contribution in [0.1, 0.15) is 0 Å². The number of thiophene rings is 3. The first-order valence-corrected chi connectivity index (χ1v) is 47.3. The molecule has 0 unspecified atom stereocenters. The molecule has 0 radical (unpaired) electrons. The van der Waals surface area contributed by atoms with E-state index in [0.717, 1.165) is 101 Å². The highest BCUT2D eigenvalue weighted by Crippen LogP contribution is 2.54. The number of hydrogen-bond donors (Lipinski definition) is 0. The van der Waals surface area contributed by atoms with E-state index in [1.165, 1.54) is 137 Å². The number of fused-ring (bicyclic) bond motifs is 22. The van der Waals surface area contributed by atoms with Crippen LogP contribution in [0, 0.1) is 0 Å². The molecule has 620 valence electrons. The van der Waals surface area contributed by atoms with Gasteiger partial charge in [0.2, 0.25) is 0 Å². The molecule has 8 heteroatoms. The van der Waals surface area contributed by atoms with Crippen molar-refractivity contribution in [3.63, 3.8) is 0 Å². The van der Waals surface area contributed by atoms with Gasteiger partial charge in [0.15, 0.2) is 0 Å². The summed E-state index contributed by atoms with van der Waals surface area (Å²) in [6, 6.07) is 176. The van der Waals surface area contributed by atoms with Gasteiger partial charge >= 0.3 is 0 Å². The van der Waals surface area contributed by atoms with E-state index in [2.05, 4.69) is 493 Å². The molecule has 0 aliphatic rings. The van der Waals surface area contributed by atoms with Gasteiger partial charge in [0, 0.05) is 156 Å². The molecule has 132 heavy (non-hydrogen) atoms. The standard InChI is InChI=1S/C62H40N2OS.C62H40N2S2/c1-4-18-41(19-5-1)47-24-12-15-29-56(47)63(43-22-8-3-9-23-43)46-34-37-54-60(40-46)66-62-53-36-33-44(38-55(53)49-26-10-11-28-52(49)61(54)62)64(57-30-16-13-25-48(57)42-20-6-2-7-21-42)45-32-35-51-50-27-14-17-31-58(50)65-59(51)39-45;1-4-18-41(19-5-1)47-24-12-15-29-56(47)63(43-22-8-3-9-23-43)46-33-36-53-60(40-46)66-62-52-35-32-44(38-54(52)49-26-10-11-28-51(49)61(53)62)64(57-30-16-13-25-48(57)42-20-6-2-7-21-42)45-34-37-59-55(39-45)50-27-14-17-31-58(50)65-59/h2*1-40H. The molecule has 0 bridgehead atoms. The summed E-state index contributed by atoms with van der Waals surface area (Å²) in [4.78, 5) is 9.68. The molecule has 26 aromatic rings. The Bertz CT molecular complexity index is 8930. The number of nitrogens with zero attached hydrogens (tertiary/aromatic N) is 4. The molecule has 4 heterocycles. The highest BCUT2D eigenvalue weighted by molar-refractivity contribution is 7.27. The molecule has 26 rings (SSSR count). The number of furan rings is 1. The van der Waals surface area contributed by atoms with Gasteiger partial charge in [-0.15, -0.1) is 34.0 Å². The minimum Gasteiger partial charge on any atom is -0.456 e. The maximum atomic E-state index is 6.51. The molecule has 5 nitrogen and oxygen atoms in total. The summed E-state index contributed by atoms with van der Waals surface area (Å²) in [5, 5.41) is 20.0. The van der Waals surface area contributed by atoms with E-state index in [-0.39, 0.29) is 0 Å². The van der Waals surface area contributed by atoms with Crippen molar-refractivity contribution in [3.8, 4) is 44.5 Å². The van der Waals surface area contributed by atoms with Crippen molar-refractivity contribution in [2.75, 3.05) is 19.6 Å². The first-order valence-electron chi connectivity index (χ1n) is 44.8. The van der Waals surface area contributed by atoms with Gasteiger partial charge < -0.3 is 24.0 Å². The minimum absolute atomic E-state index is 0.864. The third-order valence-electron chi connectivity index (χ3n) is 26.0. The number of benzene rings is 22. The number of anilines is 12. The largest absolute Gasteiger partial charge is 0.456 e. The minimum atomic E-state index is 0.864. The van der Waals surface area contributed by atoms with Crippen LogP contribution in [-0.2, 0) is 0 Å². The van der Waals surface area contributed by atoms with Crippen LogP contribution < -0.4 is 19.6 Å². The molecule has 0 aliphatic heterocycles. The van der Waals surface area contributed by atoms with Gasteiger partial charge in [-0.2, -0.15) is 0 Å². The molecule has 0 spiro atoms. The Balaban J connectivity index is 0.000000142. The average Bonchev–Trinajstić information content (AvgIpc) is 1.58. The fraction of sp³-hybridized carbons (Fsp3) is 0. The van der Waals surface area contributed by atoms with Crippen molar-refractivity contribution in [1.29, 1.82) is 0 Å². The van der Waals surface area contributed by atoms with Crippen LogP contribution in [0.3, 0.4) is 0 Å². The molecule has 4 aromatic heterocycles. The summed E-state index contributed by atoms with van der Waals surface area (Å²) in [7, 11) is 0. The smallest absolute Gasteiger partial charge is 0.137 e. The molecule has 0 amide bonds. The Morgan fingerprint density at radius 3 is 0.864 bits per heavy atom. The SMILES string of the molecule is c1ccc(-c2ccccc2N(c2ccccc2)c2ccc3c(c2)sc2c4ccc(N(c5ccc6c(c5)oc5ccccc56)c5ccccc5-c5ccccc5)cc4c4ccccc4c32)cc1.c1ccc(-c2ccccc2N(c2ccccc2)c2ccc3c(c2)sc2c4ccc(N(c5ccc6sc7ccccc7c6c5)c5ccccc5-c5ccccc5)cc4c4ccccc4c32)cc1. The predicted molar refractivity (Wildman–Crippen MR) is 569 cm³/mol. The summed E-state index contributed by atoms with van der Waals surface area (Å²) >= 11 is 5.64. The monoisotopic (exact) mass is 1740 g/mol. The van der Waals surface area contributed by atoms with Crippen LogP contribution in [0.4, 0.5) is 68.2 Å². The van der Waals surface area contributed by atoms with E-state index in [1.54, 1.807) is 0 Å². The van der Waals surface area contributed by atoms with Gasteiger partial charge in [-0.1, -0.05) is 340 Å². The average molecular weight is 1740 g/mol. The zero-order chi connectivity index (χ0) is 87.1. The highest BCUT2D eigenvalue weighted by Gasteiger charge is 2.28. The third-order valence-corrected chi connectivity index (χ3v) is 29.6. The maximum Gasteiger partial charge on any atom is 0.137 e. The highest BCUT2D eigenvalue weighted by atomic mass is 32.1. The van der Waals surface area contributed by atoms with Crippen LogP contribution >= 0.6 is 34.0 Å². The van der Waals surface area contributed by atoms with Crippen molar-refractivity contribution in [1.82, 2.24) is 0 Å². The van der Waals surface area contributed by atoms with Crippen LogP contribution in [0.15, 0.2) is 490 Å². The van der Waals surface area contributed by atoms with Gasteiger partial charge in [-0.05, 0) is 194 Å². The lowest BCUT2D eigenvalue weighted by molar-refractivity contribution is 0.669. The normalized spacial score (nSPS) is 11.6. The summed E-state index contributed by atoms with van der Waals surface area (Å²) in [6.07, 6.45) is 0. The summed E-state index contributed by atoms with van der Waals surface area (Å²) < 4.78 is 14.2. The van der Waals surface area contributed by atoms with Gasteiger partial charge in [-0.3, -0.25) is 0 Å². The van der Waals surface area contributed by atoms with Gasteiger partial charge in [0.05, 0.1) is 22.7 Å². The Kier molecular flexibility index (Phi) is 19.5. The number of rotatable bonds is 16. The van der Waals surface area contributed by atoms with Crippen molar-refractivity contribution >= 4 is 228 Å². The molecular formula is C124H80N4OS3.